The third-order valence-electron chi connectivity index (χ3n) is 4.34. The summed E-state index contributed by atoms with van der Waals surface area (Å²) in [5.74, 6) is 1.16. The average molecular weight is 305 g/mol. The van der Waals surface area contributed by atoms with Crippen LogP contribution in [0.5, 0.6) is 0 Å². The first-order valence-electron chi connectivity index (χ1n) is 7.97. The van der Waals surface area contributed by atoms with Crippen LogP contribution in [-0.4, -0.2) is 39.7 Å². The minimum absolute atomic E-state index is 0.188. The van der Waals surface area contributed by atoms with E-state index in [2.05, 4.69) is 20.6 Å². The van der Waals surface area contributed by atoms with Crippen LogP contribution in [-0.2, 0) is 0 Å². The zero-order valence-corrected chi connectivity index (χ0v) is 12.6. The van der Waals surface area contributed by atoms with Crippen molar-refractivity contribution in [2.75, 3.05) is 17.2 Å². The van der Waals surface area contributed by atoms with E-state index in [1.165, 1.54) is 19.0 Å². The smallest absolute Gasteiger partial charge is 0.254 e. The molecule has 2 aliphatic rings. The molecule has 1 aromatic rings. The van der Waals surface area contributed by atoms with Crippen molar-refractivity contribution >= 4 is 17.7 Å². The standard InChI is InChI=1S/C15H23N5O2/c16-13(22)12-8-18-15(19-10-3-5-11(21)6-4-10)20-14(12)17-7-9-1-2-9/h8-11,21H,1-7H2,(H2,16,22)(H2,17,18,19,20)/t10-,11-. The third-order valence-corrected chi connectivity index (χ3v) is 4.34. The van der Waals surface area contributed by atoms with Crippen molar-refractivity contribution in [3.63, 3.8) is 0 Å². The number of anilines is 2. The van der Waals surface area contributed by atoms with Gasteiger partial charge in [-0.3, -0.25) is 4.79 Å². The molecule has 2 aliphatic carbocycles. The molecule has 2 saturated carbocycles. The van der Waals surface area contributed by atoms with Crippen LogP contribution >= 0.6 is 0 Å². The highest BCUT2D eigenvalue weighted by molar-refractivity contribution is 5.97. The first-order chi connectivity index (χ1) is 10.6. The molecule has 7 heteroatoms. The van der Waals surface area contributed by atoms with E-state index in [0.29, 0.717) is 23.2 Å². The molecule has 7 nitrogen and oxygen atoms in total. The fourth-order valence-corrected chi connectivity index (χ4v) is 2.73. The van der Waals surface area contributed by atoms with Gasteiger partial charge in [0.05, 0.1) is 11.7 Å². The second-order valence-electron chi connectivity index (χ2n) is 6.29. The van der Waals surface area contributed by atoms with E-state index in [1.807, 2.05) is 0 Å². The summed E-state index contributed by atoms with van der Waals surface area (Å²) in [6.45, 7) is 0.812. The molecule has 1 amide bonds. The second kappa shape index (κ2) is 6.48. The molecular weight excluding hydrogens is 282 g/mol. The van der Waals surface area contributed by atoms with Gasteiger partial charge >= 0.3 is 0 Å². The molecule has 0 aliphatic heterocycles. The summed E-state index contributed by atoms with van der Waals surface area (Å²) in [5.41, 5.74) is 5.70. The Balaban J connectivity index is 1.68. The summed E-state index contributed by atoms with van der Waals surface area (Å²) in [7, 11) is 0. The minimum Gasteiger partial charge on any atom is -0.393 e. The summed E-state index contributed by atoms with van der Waals surface area (Å²) >= 11 is 0. The monoisotopic (exact) mass is 305 g/mol. The second-order valence-corrected chi connectivity index (χ2v) is 6.29. The van der Waals surface area contributed by atoms with Crippen LogP contribution in [0, 0.1) is 5.92 Å². The molecule has 22 heavy (non-hydrogen) atoms. The van der Waals surface area contributed by atoms with Crippen LogP contribution in [0.15, 0.2) is 6.20 Å². The van der Waals surface area contributed by atoms with E-state index >= 15 is 0 Å². The Morgan fingerprint density at radius 1 is 1.27 bits per heavy atom. The summed E-state index contributed by atoms with van der Waals surface area (Å²) < 4.78 is 0. The number of nitrogens with one attached hydrogen (secondary N) is 2. The molecule has 0 aromatic carbocycles. The number of aromatic nitrogens is 2. The molecule has 5 N–H and O–H groups in total. The van der Waals surface area contributed by atoms with Crippen molar-refractivity contribution < 1.29 is 9.90 Å². The van der Waals surface area contributed by atoms with Gasteiger partial charge in [-0.25, -0.2) is 4.98 Å². The van der Waals surface area contributed by atoms with Crippen molar-refractivity contribution in [1.29, 1.82) is 0 Å². The Morgan fingerprint density at radius 3 is 2.64 bits per heavy atom. The lowest BCUT2D eigenvalue weighted by molar-refractivity contribution is 0.100. The van der Waals surface area contributed by atoms with Crippen molar-refractivity contribution in [1.82, 2.24) is 9.97 Å². The number of carbonyl (C=O) groups excluding carboxylic acids is 1. The van der Waals surface area contributed by atoms with Crippen molar-refractivity contribution in [2.24, 2.45) is 11.7 Å². The Labute approximate surface area is 129 Å². The van der Waals surface area contributed by atoms with E-state index in [0.717, 1.165) is 32.2 Å². The average Bonchev–Trinajstić information content (AvgIpc) is 3.32. The number of hydrogen-bond acceptors (Lipinski definition) is 6. The normalized spacial score (nSPS) is 24.8. The van der Waals surface area contributed by atoms with Gasteiger partial charge in [-0.2, -0.15) is 4.98 Å². The van der Waals surface area contributed by atoms with Crippen LogP contribution in [0.2, 0.25) is 0 Å². The Bertz CT molecular complexity index is 539. The highest BCUT2D eigenvalue weighted by Crippen LogP contribution is 2.29. The number of nitrogens with zero attached hydrogens (tertiary/aromatic N) is 2. The van der Waals surface area contributed by atoms with E-state index in [-0.39, 0.29) is 12.1 Å². The lowest BCUT2D eigenvalue weighted by atomic mass is 9.93. The highest BCUT2D eigenvalue weighted by atomic mass is 16.3. The molecule has 0 atom stereocenters. The van der Waals surface area contributed by atoms with Gasteiger partial charge in [-0.15, -0.1) is 0 Å². The van der Waals surface area contributed by atoms with Crippen molar-refractivity contribution in [3.8, 4) is 0 Å². The van der Waals surface area contributed by atoms with Crippen molar-refractivity contribution in [3.05, 3.63) is 11.8 Å². The lowest BCUT2D eigenvalue weighted by Gasteiger charge is -2.26. The molecule has 0 spiro atoms. The fraction of sp³-hybridized carbons (Fsp3) is 0.667. The molecule has 1 heterocycles. The molecule has 3 rings (SSSR count). The maximum Gasteiger partial charge on any atom is 0.254 e. The summed E-state index contributed by atoms with van der Waals surface area (Å²) in [5, 5.41) is 16.0. The highest BCUT2D eigenvalue weighted by Gasteiger charge is 2.23. The van der Waals surface area contributed by atoms with Crippen LogP contribution in [0.4, 0.5) is 11.8 Å². The summed E-state index contributed by atoms with van der Waals surface area (Å²) in [4.78, 5) is 20.1. The van der Waals surface area contributed by atoms with Gasteiger partial charge in [0.25, 0.3) is 5.91 Å². The molecule has 0 unspecified atom stereocenters. The van der Waals surface area contributed by atoms with Gasteiger partial charge in [-0.05, 0) is 44.4 Å². The lowest BCUT2D eigenvalue weighted by Crippen LogP contribution is -2.29. The molecule has 120 valence electrons. The first kappa shape index (κ1) is 15.0. The van der Waals surface area contributed by atoms with Crippen LogP contribution < -0.4 is 16.4 Å². The van der Waals surface area contributed by atoms with Gasteiger partial charge in [0.15, 0.2) is 0 Å². The van der Waals surface area contributed by atoms with Crippen LogP contribution in [0.25, 0.3) is 0 Å². The van der Waals surface area contributed by atoms with Gasteiger partial charge < -0.3 is 21.5 Å². The summed E-state index contributed by atoms with van der Waals surface area (Å²) in [6, 6.07) is 0.263. The SMILES string of the molecule is NC(=O)c1cnc(N[C@H]2CC[C@H](O)CC2)nc1NCC1CC1. The van der Waals surface area contributed by atoms with Gasteiger partial charge in [-0.1, -0.05) is 0 Å². The van der Waals surface area contributed by atoms with E-state index in [9.17, 15) is 9.90 Å². The number of rotatable bonds is 6. The van der Waals surface area contributed by atoms with E-state index in [1.54, 1.807) is 0 Å². The fourth-order valence-electron chi connectivity index (χ4n) is 2.73. The van der Waals surface area contributed by atoms with Gasteiger partial charge in [0.1, 0.15) is 5.82 Å². The number of carbonyl (C=O) groups is 1. The number of amides is 1. The molecule has 0 radical (unpaired) electrons. The number of nitrogens with two attached hydrogens (primary N) is 1. The Kier molecular flexibility index (Phi) is 4.42. The number of primary amides is 1. The van der Waals surface area contributed by atoms with Gasteiger partial charge in [0.2, 0.25) is 5.95 Å². The third kappa shape index (κ3) is 3.85. The molecule has 0 bridgehead atoms. The zero-order chi connectivity index (χ0) is 15.5. The predicted molar refractivity (Wildman–Crippen MR) is 83.6 cm³/mol. The first-order valence-corrected chi connectivity index (χ1v) is 7.97. The molecule has 2 fully saturated rings. The zero-order valence-electron chi connectivity index (χ0n) is 12.6. The largest absolute Gasteiger partial charge is 0.393 e. The van der Waals surface area contributed by atoms with Crippen LogP contribution in [0.1, 0.15) is 48.9 Å². The van der Waals surface area contributed by atoms with E-state index in [4.69, 9.17) is 5.73 Å². The minimum atomic E-state index is -0.523. The number of aliphatic hydroxyl groups is 1. The maximum absolute atomic E-state index is 11.5. The van der Waals surface area contributed by atoms with Gasteiger partial charge in [0, 0.05) is 18.8 Å². The number of aliphatic hydroxyl groups excluding tert-OH is 1. The quantitative estimate of drug-likeness (QED) is 0.626. The van der Waals surface area contributed by atoms with E-state index < -0.39 is 5.91 Å². The predicted octanol–water partition coefficient (Wildman–Crippen LogP) is 1.11. The molecule has 0 saturated heterocycles. The maximum atomic E-state index is 11.5. The van der Waals surface area contributed by atoms with Crippen molar-refractivity contribution in [2.45, 2.75) is 50.7 Å². The topological polar surface area (TPSA) is 113 Å². The number of hydrogen-bond donors (Lipinski definition) is 4. The Morgan fingerprint density at radius 2 is 2.00 bits per heavy atom. The molecule has 1 aromatic heterocycles. The van der Waals surface area contributed by atoms with Crippen LogP contribution in [0.3, 0.4) is 0 Å². The Hall–Kier alpha value is -1.89. The molecular formula is C15H23N5O2. The summed E-state index contributed by atoms with van der Waals surface area (Å²) in [6.07, 6.45) is 7.11.